The molecule has 0 bridgehead atoms. The zero-order chi connectivity index (χ0) is 23.8. The van der Waals surface area contributed by atoms with Gasteiger partial charge in [-0.25, -0.2) is 4.99 Å². The van der Waals surface area contributed by atoms with Crippen LogP contribution in [0, 0.1) is 11.8 Å². The van der Waals surface area contributed by atoms with Crippen LogP contribution < -0.4 is 16.0 Å². The molecule has 7 nitrogen and oxygen atoms in total. The molecule has 6 rings (SSSR count). The Labute approximate surface area is 207 Å². The number of hydrogen-bond acceptors (Lipinski definition) is 5. The second-order valence-electron chi connectivity index (χ2n) is 11.0. The number of rotatable bonds is 6. The summed E-state index contributed by atoms with van der Waals surface area (Å²) < 4.78 is 2.28. The van der Waals surface area contributed by atoms with Crippen molar-refractivity contribution >= 4 is 12.1 Å². The predicted molar refractivity (Wildman–Crippen MR) is 135 cm³/mol. The first-order valence-electron chi connectivity index (χ1n) is 13.3. The highest BCUT2D eigenvalue weighted by Crippen LogP contribution is 2.33. The summed E-state index contributed by atoms with van der Waals surface area (Å²) in [5, 5.41) is 16.0. The van der Waals surface area contributed by atoms with Gasteiger partial charge in [0.05, 0.1) is 5.60 Å². The summed E-state index contributed by atoms with van der Waals surface area (Å²) in [6.45, 7) is 5.19. The van der Waals surface area contributed by atoms with Crippen molar-refractivity contribution < 1.29 is 9.90 Å². The van der Waals surface area contributed by atoms with E-state index >= 15 is 0 Å². The van der Waals surface area contributed by atoms with Crippen molar-refractivity contribution in [3.05, 3.63) is 58.9 Å². The number of β-amino-alcohol motifs (C(OH)–C–C–N with tert-alkyl or cyclic N) is 1. The van der Waals surface area contributed by atoms with E-state index in [1.807, 2.05) is 11.0 Å². The number of amides is 1. The average Bonchev–Trinajstić information content (AvgIpc) is 3.63. The zero-order valence-electron chi connectivity index (χ0n) is 20.5. The molecule has 2 saturated heterocycles. The van der Waals surface area contributed by atoms with Crippen molar-refractivity contribution in [2.24, 2.45) is 16.8 Å². The predicted octanol–water partition coefficient (Wildman–Crippen LogP) is 1.28. The van der Waals surface area contributed by atoms with E-state index < -0.39 is 5.60 Å². The Morgan fingerprint density at radius 3 is 2.69 bits per heavy atom. The number of benzene rings is 1. The molecule has 2 N–H and O–H groups in total. The average molecular weight is 476 g/mol. The maximum atomic E-state index is 13.5. The number of fused-ring (bicyclic) bond motifs is 1. The van der Waals surface area contributed by atoms with Crippen molar-refractivity contribution in [2.75, 3.05) is 39.4 Å². The topological polar surface area (TPSA) is 73.1 Å². The van der Waals surface area contributed by atoms with Gasteiger partial charge in [-0.2, -0.15) is 0 Å². The Balaban J connectivity index is 1.07. The fourth-order valence-corrected chi connectivity index (χ4v) is 6.10. The van der Waals surface area contributed by atoms with Crippen LogP contribution >= 0.6 is 0 Å². The summed E-state index contributed by atoms with van der Waals surface area (Å²) in [4.78, 5) is 22.5. The minimum absolute atomic E-state index is 0.0113. The summed E-state index contributed by atoms with van der Waals surface area (Å²) in [5.41, 5.74) is 1.53. The van der Waals surface area contributed by atoms with Crippen LogP contribution in [0.2, 0.25) is 0 Å². The SMILES string of the molecule is O=C([C@@H]1CCNC[C@H]1c1ccccc1)N1CCC(O)(CN2C=c3ccn(CC4CC4)c3=NC2)CC1. The number of carbonyl (C=O) groups excluding carboxylic acids is 1. The number of aliphatic hydroxyl groups is 1. The van der Waals surface area contributed by atoms with Gasteiger partial charge in [0.25, 0.3) is 0 Å². The van der Waals surface area contributed by atoms with Crippen LogP contribution in [0.1, 0.15) is 43.6 Å². The van der Waals surface area contributed by atoms with Crippen molar-refractivity contribution in [3.8, 4) is 0 Å². The molecular weight excluding hydrogens is 438 g/mol. The molecule has 3 aliphatic heterocycles. The van der Waals surface area contributed by atoms with E-state index in [0.717, 1.165) is 42.7 Å². The largest absolute Gasteiger partial charge is 0.388 e. The highest BCUT2D eigenvalue weighted by Gasteiger charge is 2.39. The number of carbonyl (C=O) groups is 1. The molecule has 0 spiro atoms. The summed E-state index contributed by atoms with van der Waals surface area (Å²) in [5.74, 6) is 1.30. The Morgan fingerprint density at radius 2 is 1.91 bits per heavy atom. The fraction of sp³-hybridized carbons (Fsp3) is 0.571. The maximum Gasteiger partial charge on any atom is 0.226 e. The van der Waals surface area contributed by atoms with E-state index in [0.29, 0.717) is 39.1 Å². The molecule has 1 aromatic carbocycles. The first-order valence-corrected chi connectivity index (χ1v) is 13.3. The van der Waals surface area contributed by atoms with Gasteiger partial charge >= 0.3 is 0 Å². The van der Waals surface area contributed by atoms with Gasteiger partial charge in [0.2, 0.25) is 5.91 Å². The highest BCUT2D eigenvalue weighted by atomic mass is 16.3. The number of piperidine rings is 2. The van der Waals surface area contributed by atoms with Crippen LogP contribution in [0.5, 0.6) is 0 Å². The van der Waals surface area contributed by atoms with E-state index in [4.69, 9.17) is 4.99 Å². The molecule has 1 aromatic heterocycles. The van der Waals surface area contributed by atoms with Gasteiger partial charge in [0.1, 0.15) is 12.2 Å². The Morgan fingerprint density at radius 1 is 1.11 bits per heavy atom. The molecule has 186 valence electrons. The molecule has 1 aliphatic carbocycles. The standard InChI is InChI=1S/C28H37N5O2/c34-27(24-8-12-29-16-25(24)22-4-2-1-3-5-22)32-14-10-28(35,11-15-32)19-31-18-23-9-13-33(17-21-6-7-21)26(23)30-20-31/h1-5,9,13,18,21,24-25,29,35H,6-8,10-12,14-17,19-20H2/t24-,25+/m1/s1. The number of hydrogen-bond donors (Lipinski definition) is 2. The molecule has 0 unspecified atom stereocenters. The van der Waals surface area contributed by atoms with Crippen molar-refractivity contribution in [1.82, 2.24) is 19.7 Å². The highest BCUT2D eigenvalue weighted by molar-refractivity contribution is 5.80. The van der Waals surface area contributed by atoms with Gasteiger partial charge in [-0.3, -0.25) is 4.79 Å². The maximum absolute atomic E-state index is 13.5. The lowest BCUT2D eigenvalue weighted by atomic mass is 9.80. The molecule has 4 heterocycles. The monoisotopic (exact) mass is 475 g/mol. The molecule has 7 heteroatoms. The third kappa shape index (κ3) is 4.89. The van der Waals surface area contributed by atoms with Crippen LogP contribution in [0.3, 0.4) is 0 Å². The van der Waals surface area contributed by atoms with Crippen molar-refractivity contribution in [1.29, 1.82) is 0 Å². The second kappa shape index (κ2) is 9.43. The van der Waals surface area contributed by atoms with E-state index in [9.17, 15) is 9.90 Å². The number of aromatic nitrogens is 1. The molecular formula is C28H37N5O2. The van der Waals surface area contributed by atoms with Crippen LogP contribution in [-0.2, 0) is 11.3 Å². The second-order valence-corrected chi connectivity index (χ2v) is 11.0. The Hall–Kier alpha value is -2.64. The number of nitrogens with one attached hydrogen (secondary N) is 1. The van der Waals surface area contributed by atoms with Gasteiger partial charge in [-0.1, -0.05) is 30.3 Å². The van der Waals surface area contributed by atoms with E-state index in [1.54, 1.807) is 0 Å². The van der Waals surface area contributed by atoms with Crippen LogP contribution in [-0.4, -0.2) is 70.4 Å². The van der Waals surface area contributed by atoms with Crippen molar-refractivity contribution in [3.63, 3.8) is 0 Å². The van der Waals surface area contributed by atoms with Gasteiger partial charge < -0.3 is 24.8 Å². The van der Waals surface area contributed by atoms with Crippen LogP contribution in [0.15, 0.2) is 47.6 Å². The van der Waals surface area contributed by atoms with E-state index in [1.165, 1.54) is 18.4 Å². The van der Waals surface area contributed by atoms with Gasteiger partial charge in [0, 0.05) is 62.2 Å². The molecule has 4 aliphatic rings. The summed E-state index contributed by atoms with van der Waals surface area (Å²) in [7, 11) is 0. The zero-order valence-corrected chi connectivity index (χ0v) is 20.5. The lowest BCUT2D eigenvalue weighted by Gasteiger charge is -2.43. The van der Waals surface area contributed by atoms with Crippen LogP contribution in [0.25, 0.3) is 6.20 Å². The van der Waals surface area contributed by atoms with Gasteiger partial charge in [-0.15, -0.1) is 0 Å². The smallest absolute Gasteiger partial charge is 0.226 e. The van der Waals surface area contributed by atoms with Crippen LogP contribution in [0.4, 0.5) is 0 Å². The molecule has 2 atom stereocenters. The van der Waals surface area contributed by atoms with Gasteiger partial charge in [-0.05, 0) is 56.2 Å². The van der Waals surface area contributed by atoms with E-state index in [-0.39, 0.29) is 17.7 Å². The lowest BCUT2D eigenvalue weighted by molar-refractivity contribution is -0.141. The summed E-state index contributed by atoms with van der Waals surface area (Å²) >= 11 is 0. The molecule has 1 amide bonds. The number of nitrogens with zero attached hydrogens (tertiary/aromatic N) is 4. The summed E-state index contributed by atoms with van der Waals surface area (Å²) in [6.07, 6.45) is 9.06. The number of likely N-dealkylation sites (tertiary alicyclic amines) is 1. The van der Waals surface area contributed by atoms with Gasteiger partial charge in [0.15, 0.2) is 0 Å². The summed E-state index contributed by atoms with van der Waals surface area (Å²) in [6, 6.07) is 12.6. The molecule has 0 radical (unpaired) electrons. The minimum atomic E-state index is -0.788. The normalized spacial score (nSPS) is 26.0. The Kier molecular flexibility index (Phi) is 6.14. The fourth-order valence-electron chi connectivity index (χ4n) is 6.10. The molecule has 2 aromatic rings. The first kappa shape index (κ1) is 22.8. The third-order valence-electron chi connectivity index (χ3n) is 8.37. The first-order chi connectivity index (χ1) is 17.1. The Bertz CT molecular complexity index is 1160. The lowest BCUT2D eigenvalue weighted by Crippen LogP contribution is -2.54. The molecule has 3 fully saturated rings. The quantitative estimate of drug-likeness (QED) is 0.660. The third-order valence-corrected chi connectivity index (χ3v) is 8.37. The minimum Gasteiger partial charge on any atom is -0.388 e. The molecule has 35 heavy (non-hydrogen) atoms. The van der Waals surface area contributed by atoms with E-state index in [2.05, 4.69) is 57.5 Å². The molecule has 1 saturated carbocycles. The van der Waals surface area contributed by atoms with Crippen molar-refractivity contribution in [2.45, 2.75) is 50.2 Å².